The van der Waals surface area contributed by atoms with Gasteiger partial charge in [0.15, 0.2) is 0 Å². The lowest BCUT2D eigenvalue weighted by Crippen LogP contribution is -2.34. The van der Waals surface area contributed by atoms with Crippen LogP contribution in [0.4, 0.5) is 13.2 Å². The molecule has 8 heteroatoms. The fourth-order valence-corrected chi connectivity index (χ4v) is 4.18. The largest absolute Gasteiger partial charge is 0.416 e. The third-order valence-electron chi connectivity index (χ3n) is 4.17. The molecule has 0 bridgehead atoms. The maximum Gasteiger partial charge on any atom is 0.416 e. The average molecular weight is 336 g/mol. The van der Waals surface area contributed by atoms with Crippen LogP contribution in [0.5, 0.6) is 0 Å². The van der Waals surface area contributed by atoms with Gasteiger partial charge in [-0.2, -0.15) is 17.5 Å². The van der Waals surface area contributed by atoms with E-state index in [1.54, 1.807) is 0 Å². The van der Waals surface area contributed by atoms with E-state index in [9.17, 15) is 21.6 Å². The Labute approximate surface area is 128 Å². The maximum atomic E-state index is 12.9. The molecule has 0 saturated carbocycles. The number of aryl methyl sites for hydroxylation is 1. The van der Waals surface area contributed by atoms with Crippen LogP contribution in [0.2, 0.25) is 0 Å². The van der Waals surface area contributed by atoms with Crippen LogP contribution in [0.15, 0.2) is 23.1 Å². The van der Waals surface area contributed by atoms with Gasteiger partial charge < -0.3 is 5.73 Å². The van der Waals surface area contributed by atoms with Gasteiger partial charge in [-0.3, -0.25) is 0 Å². The first-order chi connectivity index (χ1) is 9.99. The van der Waals surface area contributed by atoms with Crippen LogP contribution in [0, 0.1) is 12.3 Å². The van der Waals surface area contributed by atoms with Gasteiger partial charge in [0, 0.05) is 13.1 Å². The van der Waals surface area contributed by atoms with Crippen molar-refractivity contribution in [3.8, 4) is 0 Å². The normalized spacial score (nSPS) is 23.9. The summed E-state index contributed by atoms with van der Waals surface area (Å²) in [5, 5.41) is 0. The van der Waals surface area contributed by atoms with Gasteiger partial charge in [0.2, 0.25) is 10.0 Å². The van der Waals surface area contributed by atoms with Crippen LogP contribution in [0.25, 0.3) is 0 Å². The Hall–Kier alpha value is -1.12. The summed E-state index contributed by atoms with van der Waals surface area (Å²) < 4.78 is 65.1. The van der Waals surface area contributed by atoms with E-state index in [0.717, 1.165) is 0 Å². The lowest BCUT2D eigenvalue weighted by Gasteiger charge is -2.22. The Bertz CT molecular complexity index is 673. The number of nitrogens with zero attached hydrogens (tertiary/aromatic N) is 1. The van der Waals surface area contributed by atoms with Crippen molar-refractivity contribution in [3.63, 3.8) is 0 Å². The van der Waals surface area contributed by atoms with Gasteiger partial charge in [0.1, 0.15) is 0 Å². The first-order valence-electron chi connectivity index (χ1n) is 6.88. The van der Waals surface area contributed by atoms with Gasteiger partial charge in [-0.05, 0) is 43.0 Å². The second-order valence-electron chi connectivity index (χ2n) is 6.08. The molecule has 1 aromatic rings. The van der Waals surface area contributed by atoms with E-state index < -0.39 is 21.8 Å². The highest BCUT2D eigenvalue weighted by atomic mass is 32.2. The van der Waals surface area contributed by atoms with E-state index in [-0.39, 0.29) is 29.0 Å². The van der Waals surface area contributed by atoms with Crippen molar-refractivity contribution < 1.29 is 21.6 Å². The lowest BCUT2D eigenvalue weighted by molar-refractivity contribution is -0.138. The average Bonchev–Trinajstić information content (AvgIpc) is 2.82. The van der Waals surface area contributed by atoms with E-state index in [4.69, 9.17) is 5.73 Å². The fourth-order valence-electron chi connectivity index (χ4n) is 2.57. The minimum absolute atomic E-state index is 0.000307. The summed E-state index contributed by atoms with van der Waals surface area (Å²) in [6, 6.07) is 3.12. The smallest absolute Gasteiger partial charge is 0.330 e. The van der Waals surface area contributed by atoms with Crippen LogP contribution >= 0.6 is 0 Å². The molecule has 1 unspecified atom stereocenters. The van der Waals surface area contributed by atoms with Crippen LogP contribution in [-0.2, 0) is 16.2 Å². The first-order valence-corrected chi connectivity index (χ1v) is 8.32. The zero-order chi connectivity index (χ0) is 16.8. The highest BCUT2D eigenvalue weighted by Gasteiger charge is 2.40. The molecule has 2 rings (SSSR count). The number of nitrogens with two attached hydrogens (primary N) is 1. The Morgan fingerprint density at radius 1 is 1.36 bits per heavy atom. The zero-order valence-corrected chi connectivity index (χ0v) is 13.3. The lowest BCUT2D eigenvalue weighted by atomic mass is 9.90. The van der Waals surface area contributed by atoms with Gasteiger partial charge in [-0.15, -0.1) is 0 Å². The number of benzene rings is 1. The molecule has 2 N–H and O–H groups in total. The van der Waals surface area contributed by atoms with Crippen LogP contribution in [-0.4, -0.2) is 32.4 Å². The second-order valence-corrected chi connectivity index (χ2v) is 8.02. The minimum Gasteiger partial charge on any atom is -0.330 e. The topological polar surface area (TPSA) is 63.4 Å². The Kier molecular flexibility index (Phi) is 4.31. The zero-order valence-electron chi connectivity index (χ0n) is 12.4. The number of rotatable bonds is 3. The predicted molar refractivity (Wildman–Crippen MR) is 76.7 cm³/mol. The van der Waals surface area contributed by atoms with Crippen molar-refractivity contribution in [1.29, 1.82) is 0 Å². The molecule has 22 heavy (non-hydrogen) atoms. The maximum absolute atomic E-state index is 12.9. The summed E-state index contributed by atoms with van der Waals surface area (Å²) in [5.41, 5.74) is 4.39. The van der Waals surface area contributed by atoms with Gasteiger partial charge in [0.25, 0.3) is 0 Å². The van der Waals surface area contributed by atoms with Gasteiger partial charge >= 0.3 is 6.18 Å². The highest BCUT2D eigenvalue weighted by Crippen LogP contribution is 2.36. The molecule has 1 fully saturated rings. The number of halogens is 3. The van der Waals surface area contributed by atoms with Crippen molar-refractivity contribution in [2.75, 3.05) is 19.6 Å². The predicted octanol–water partition coefficient (Wildman–Crippen LogP) is 2.37. The van der Waals surface area contributed by atoms with E-state index >= 15 is 0 Å². The monoisotopic (exact) mass is 336 g/mol. The number of hydrogen-bond acceptors (Lipinski definition) is 3. The minimum atomic E-state index is -4.58. The fraction of sp³-hybridized carbons (Fsp3) is 0.571. The molecular formula is C14H19F3N2O2S. The molecule has 0 spiro atoms. The Morgan fingerprint density at radius 3 is 2.50 bits per heavy atom. The van der Waals surface area contributed by atoms with Gasteiger partial charge in [-0.25, -0.2) is 8.42 Å². The molecule has 124 valence electrons. The van der Waals surface area contributed by atoms with Crippen molar-refractivity contribution in [2.24, 2.45) is 11.1 Å². The summed E-state index contributed by atoms with van der Waals surface area (Å²) >= 11 is 0. The van der Waals surface area contributed by atoms with Crippen molar-refractivity contribution in [2.45, 2.75) is 31.3 Å². The SMILES string of the molecule is Cc1ccc(S(=O)(=O)N2CCC(C)(CN)C2)cc1C(F)(F)F. The van der Waals surface area contributed by atoms with Crippen LogP contribution in [0.3, 0.4) is 0 Å². The van der Waals surface area contributed by atoms with Crippen molar-refractivity contribution >= 4 is 10.0 Å². The third kappa shape index (κ3) is 3.13. The highest BCUT2D eigenvalue weighted by molar-refractivity contribution is 7.89. The molecule has 1 aliphatic heterocycles. The Morgan fingerprint density at radius 2 is 2.00 bits per heavy atom. The molecule has 1 saturated heterocycles. The molecule has 4 nitrogen and oxygen atoms in total. The standard InChI is InChI=1S/C14H19F3N2O2S/c1-10-3-4-11(7-12(10)14(15,16)17)22(20,21)19-6-5-13(2,8-18)9-19/h3-4,7H,5-6,8-9,18H2,1-2H3. The van der Waals surface area contributed by atoms with Crippen molar-refractivity contribution in [3.05, 3.63) is 29.3 Å². The molecule has 1 aliphatic rings. The molecule has 0 amide bonds. The van der Waals surface area contributed by atoms with Crippen LogP contribution in [0.1, 0.15) is 24.5 Å². The molecule has 0 aliphatic carbocycles. The Balaban J connectivity index is 2.39. The van der Waals surface area contributed by atoms with E-state index in [1.807, 2.05) is 6.92 Å². The van der Waals surface area contributed by atoms with Crippen molar-refractivity contribution in [1.82, 2.24) is 4.31 Å². The summed E-state index contributed by atoms with van der Waals surface area (Å²) in [6.07, 6.45) is -3.98. The number of hydrogen-bond donors (Lipinski definition) is 1. The van der Waals surface area contributed by atoms with E-state index in [0.29, 0.717) is 19.0 Å². The quantitative estimate of drug-likeness (QED) is 0.922. The van der Waals surface area contributed by atoms with Gasteiger partial charge in [-0.1, -0.05) is 13.0 Å². The summed E-state index contributed by atoms with van der Waals surface area (Å²) in [7, 11) is -3.94. The molecule has 0 aromatic heterocycles. The molecule has 1 heterocycles. The summed E-state index contributed by atoms with van der Waals surface area (Å²) in [6.45, 7) is 4.01. The summed E-state index contributed by atoms with van der Waals surface area (Å²) in [4.78, 5) is -0.327. The first kappa shape index (κ1) is 17.2. The molecular weight excluding hydrogens is 317 g/mol. The molecule has 1 atom stereocenters. The summed E-state index contributed by atoms with van der Waals surface area (Å²) in [5.74, 6) is 0. The second kappa shape index (κ2) is 5.50. The number of sulfonamides is 1. The van der Waals surface area contributed by atoms with Crippen LogP contribution < -0.4 is 5.73 Å². The van der Waals surface area contributed by atoms with E-state index in [1.165, 1.54) is 23.4 Å². The molecule has 1 aromatic carbocycles. The van der Waals surface area contributed by atoms with E-state index in [2.05, 4.69) is 0 Å². The van der Waals surface area contributed by atoms with Gasteiger partial charge in [0.05, 0.1) is 10.5 Å². The number of alkyl halides is 3. The molecule has 0 radical (unpaired) electrons. The third-order valence-corrected chi connectivity index (χ3v) is 6.01.